The highest BCUT2D eigenvalue weighted by Gasteiger charge is 2.28. The summed E-state index contributed by atoms with van der Waals surface area (Å²) in [6.45, 7) is 1.81. The Morgan fingerprint density at radius 2 is 1.13 bits per heavy atom. The molecule has 0 fully saturated rings. The number of benzene rings is 1. The van der Waals surface area contributed by atoms with Crippen LogP contribution in [-0.4, -0.2) is 65.4 Å². The summed E-state index contributed by atoms with van der Waals surface area (Å²) in [6.07, 6.45) is -0.484. The Hall–Kier alpha value is -2.51. The molecule has 9 nitrogen and oxygen atoms in total. The van der Waals surface area contributed by atoms with Crippen molar-refractivity contribution in [3.05, 3.63) is 39.5 Å². The van der Waals surface area contributed by atoms with Gasteiger partial charge in [-0.25, -0.2) is 13.2 Å². The predicted octanol–water partition coefficient (Wildman–Crippen LogP) is 3.05. The standard InChI is InChI=1S/C17H20F5N3O6/c18-12-13(19)15(21)17(16(22)14(12)20)31-11(26)1-3-27-5-7-29-9-10-30-8-6-28-4-2-24-25-23/h1-10H2. The van der Waals surface area contributed by atoms with Gasteiger partial charge in [0.15, 0.2) is 0 Å². The van der Waals surface area contributed by atoms with Crippen molar-refractivity contribution in [2.75, 3.05) is 59.4 Å². The van der Waals surface area contributed by atoms with E-state index in [4.69, 9.17) is 24.5 Å². The fraction of sp³-hybridized carbons (Fsp3) is 0.588. The summed E-state index contributed by atoms with van der Waals surface area (Å²) in [7, 11) is 0. The van der Waals surface area contributed by atoms with E-state index in [2.05, 4.69) is 14.8 Å². The first-order valence-corrected chi connectivity index (χ1v) is 8.94. The molecule has 0 atom stereocenters. The van der Waals surface area contributed by atoms with Crippen molar-refractivity contribution in [1.82, 2.24) is 0 Å². The summed E-state index contributed by atoms with van der Waals surface area (Å²) in [5, 5.41) is 3.29. The number of azide groups is 1. The molecule has 0 saturated carbocycles. The molecule has 1 aromatic carbocycles. The highest BCUT2D eigenvalue weighted by atomic mass is 19.2. The molecule has 0 radical (unpaired) electrons. The minimum absolute atomic E-state index is 0.0817. The van der Waals surface area contributed by atoms with E-state index < -0.39 is 47.2 Å². The van der Waals surface area contributed by atoms with Crippen LogP contribution in [0.3, 0.4) is 0 Å². The van der Waals surface area contributed by atoms with E-state index in [0.717, 1.165) is 0 Å². The lowest BCUT2D eigenvalue weighted by Crippen LogP contribution is -2.16. The Kier molecular flexibility index (Phi) is 13.1. The van der Waals surface area contributed by atoms with E-state index >= 15 is 0 Å². The topological polar surface area (TPSA) is 112 Å². The first-order valence-electron chi connectivity index (χ1n) is 8.94. The van der Waals surface area contributed by atoms with Crippen molar-refractivity contribution in [1.29, 1.82) is 0 Å². The highest BCUT2D eigenvalue weighted by molar-refractivity contribution is 5.72. The molecule has 0 saturated heterocycles. The van der Waals surface area contributed by atoms with Crippen LogP contribution in [0, 0.1) is 29.1 Å². The summed E-state index contributed by atoms with van der Waals surface area (Å²) in [4.78, 5) is 14.1. The van der Waals surface area contributed by atoms with Crippen LogP contribution in [0.4, 0.5) is 22.0 Å². The third-order valence-electron chi connectivity index (χ3n) is 3.35. The number of esters is 1. The van der Waals surface area contributed by atoms with E-state index in [0.29, 0.717) is 26.4 Å². The normalized spacial score (nSPS) is 10.7. The van der Waals surface area contributed by atoms with Gasteiger partial charge in [-0.1, -0.05) is 5.11 Å². The summed E-state index contributed by atoms with van der Waals surface area (Å²) in [5.74, 6) is -14.1. The number of hydrogen-bond acceptors (Lipinski definition) is 7. The highest BCUT2D eigenvalue weighted by Crippen LogP contribution is 2.29. The Morgan fingerprint density at radius 1 is 0.710 bits per heavy atom. The molecule has 174 valence electrons. The first-order chi connectivity index (χ1) is 14.9. The maximum atomic E-state index is 13.4. The van der Waals surface area contributed by atoms with Gasteiger partial charge in [0.2, 0.25) is 34.8 Å². The van der Waals surface area contributed by atoms with Gasteiger partial charge in [0, 0.05) is 11.5 Å². The summed E-state index contributed by atoms with van der Waals surface area (Å²) >= 11 is 0. The lowest BCUT2D eigenvalue weighted by molar-refractivity contribution is -0.136. The maximum absolute atomic E-state index is 13.4. The number of carbonyl (C=O) groups is 1. The average molecular weight is 457 g/mol. The van der Waals surface area contributed by atoms with E-state index in [1.165, 1.54) is 0 Å². The molecule has 1 rings (SSSR count). The summed E-state index contributed by atoms with van der Waals surface area (Å²) in [6, 6.07) is 0. The van der Waals surface area contributed by atoms with Gasteiger partial charge in [0.1, 0.15) is 0 Å². The molecule has 0 heterocycles. The number of rotatable bonds is 16. The number of ether oxygens (including phenoxy) is 5. The quantitative estimate of drug-likeness (QED) is 0.0434. The van der Waals surface area contributed by atoms with Gasteiger partial charge in [0.05, 0.1) is 59.3 Å². The number of carbonyl (C=O) groups excluding carboxylic acids is 1. The van der Waals surface area contributed by atoms with Crippen LogP contribution in [-0.2, 0) is 23.7 Å². The molecule has 0 spiro atoms. The van der Waals surface area contributed by atoms with E-state index in [1.807, 2.05) is 0 Å². The third kappa shape index (κ3) is 9.89. The molecule has 1 aromatic rings. The van der Waals surface area contributed by atoms with Crippen molar-refractivity contribution in [2.24, 2.45) is 5.11 Å². The van der Waals surface area contributed by atoms with Crippen LogP contribution in [0.25, 0.3) is 10.4 Å². The van der Waals surface area contributed by atoms with Crippen molar-refractivity contribution >= 4 is 5.97 Å². The SMILES string of the molecule is [N-]=[N+]=NCCOCCOCCOCCOCCC(=O)Oc1c(F)c(F)c(F)c(F)c1F. The summed E-state index contributed by atoms with van der Waals surface area (Å²) in [5.41, 5.74) is 8.06. The monoisotopic (exact) mass is 457 g/mol. The van der Waals surface area contributed by atoms with Crippen molar-refractivity contribution < 1.29 is 50.4 Å². The molecule has 0 aromatic heterocycles. The fourth-order valence-corrected chi connectivity index (χ4v) is 1.91. The Balaban J connectivity index is 2.07. The zero-order valence-electron chi connectivity index (χ0n) is 16.3. The summed E-state index contributed by atoms with van der Waals surface area (Å²) < 4.78 is 90.6. The van der Waals surface area contributed by atoms with Gasteiger partial charge in [-0.2, -0.15) is 8.78 Å². The zero-order valence-corrected chi connectivity index (χ0v) is 16.3. The van der Waals surface area contributed by atoms with Gasteiger partial charge in [-0.05, 0) is 5.53 Å². The average Bonchev–Trinajstić information content (AvgIpc) is 2.76. The molecule has 0 aliphatic heterocycles. The van der Waals surface area contributed by atoms with Crippen LogP contribution in [0.2, 0.25) is 0 Å². The molecule has 0 bridgehead atoms. The number of nitrogens with zero attached hydrogens (tertiary/aromatic N) is 3. The van der Waals surface area contributed by atoms with Crippen molar-refractivity contribution in [3.63, 3.8) is 0 Å². The second kappa shape index (κ2) is 15.3. The first kappa shape index (κ1) is 26.5. The number of halogens is 5. The Labute approximate surface area is 173 Å². The molecule has 0 aliphatic rings. The molecular formula is C17H20F5N3O6. The van der Waals surface area contributed by atoms with Gasteiger partial charge in [-0.3, -0.25) is 4.79 Å². The predicted molar refractivity (Wildman–Crippen MR) is 93.8 cm³/mol. The minimum Gasteiger partial charge on any atom is -0.420 e. The van der Waals surface area contributed by atoms with Gasteiger partial charge >= 0.3 is 5.97 Å². The minimum atomic E-state index is -2.35. The smallest absolute Gasteiger partial charge is 0.313 e. The molecular weight excluding hydrogens is 437 g/mol. The van der Waals surface area contributed by atoms with Crippen LogP contribution in [0.15, 0.2) is 5.11 Å². The van der Waals surface area contributed by atoms with E-state index in [-0.39, 0.29) is 33.0 Å². The third-order valence-corrected chi connectivity index (χ3v) is 3.35. The van der Waals surface area contributed by atoms with Gasteiger partial charge < -0.3 is 23.7 Å². The molecule has 0 unspecified atom stereocenters. The number of hydrogen-bond donors (Lipinski definition) is 0. The molecule has 31 heavy (non-hydrogen) atoms. The zero-order chi connectivity index (χ0) is 23.1. The second-order valence-electron chi connectivity index (χ2n) is 5.53. The Morgan fingerprint density at radius 3 is 1.61 bits per heavy atom. The largest absolute Gasteiger partial charge is 0.420 e. The molecule has 0 amide bonds. The lowest BCUT2D eigenvalue weighted by Gasteiger charge is -2.09. The van der Waals surface area contributed by atoms with Crippen LogP contribution >= 0.6 is 0 Å². The second-order valence-corrected chi connectivity index (χ2v) is 5.53. The van der Waals surface area contributed by atoms with Crippen molar-refractivity contribution in [2.45, 2.75) is 6.42 Å². The lowest BCUT2D eigenvalue weighted by atomic mass is 10.2. The van der Waals surface area contributed by atoms with E-state index in [9.17, 15) is 26.7 Å². The van der Waals surface area contributed by atoms with Gasteiger partial charge in [0.25, 0.3) is 0 Å². The Bertz CT molecular complexity index is 735. The van der Waals surface area contributed by atoms with Crippen LogP contribution in [0.1, 0.15) is 6.42 Å². The van der Waals surface area contributed by atoms with Crippen LogP contribution < -0.4 is 4.74 Å². The van der Waals surface area contributed by atoms with E-state index in [1.54, 1.807) is 0 Å². The van der Waals surface area contributed by atoms with Crippen molar-refractivity contribution in [3.8, 4) is 5.75 Å². The molecule has 14 heteroatoms. The van der Waals surface area contributed by atoms with Gasteiger partial charge in [-0.15, -0.1) is 0 Å². The maximum Gasteiger partial charge on any atom is 0.313 e. The van der Waals surface area contributed by atoms with Crippen LogP contribution in [0.5, 0.6) is 5.75 Å². The molecule has 0 N–H and O–H groups in total. The molecule has 0 aliphatic carbocycles. The fourth-order valence-electron chi connectivity index (χ4n) is 1.91.